The van der Waals surface area contributed by atoms with Crippen molar-refractivity contribution in [3.05, 3.63) is 47.0 Å². The number of anilines is 2. The minimum absolute atomic E-state index is 0.828. The molecule has 0 radical (unpaired) electrons. The fourth-order valence-corrected chi connectivity index (χ4v) is 2.67. The average molecular weight is 240 g/mol. The number of nitrogens with one attached hydrogen (secondary N) is 1. The summed E-state index contributed by atoms with van der Waals surface area (Å²) < 4.78 is 0. The summed E-state index contributed by atoms with van der Waals surface area (Å²) in [5.41, 5.74) is 17.1. The molecular formula is C15H16N2O. The third kappa shape index (κ3) is 1.56. The Morgan fingerprint density at radius 1 is 1.17 bits per heavy atom. The molecule has 0 bridgehead atoms. The Morgan fingerprint density at radius 3 is 2.72 bits per heavy atom. The van der Waals surface area contributed by atoms with E-state index in [1.807, 2.05) is 6.07 Å². The van der Waals surface area contributed by atoms with Gasteiger partial charge in [0.25, 0.3) is 0 Å². The topological polar surface area (TPSA) is 47.3 Å². The van der Waals surface area contributed by atoms with Gasteiger partial charge in [0.1, 0.15) is 0 Å². The first-order chi connectivity index (χ1) is 8.70. The van der Waals surface area contributed by atoms with Crippen LogP contribution in [0.2, 0.25) is 0 Å². The van der Waals surface area contributed by atoms with Gasteiger partial charge in [0.05, 0.1) is 12.8 Å². The molecule has 3 nitrogen and oxygen atoms in total. The third-order valence-electron chi connectivity index (χ3n) is 3.60. The van der Waals surface area contributed by atoms with E-state index in [1.165, 1.54) is 27.8 Å². The summed E-state index contributed by atoms with van der Waals surface area (Å²) in [6.45, 7) is 2.12. The predicted octanol–water partition coefficient (Wildman–Crippen LogP) is 3.12. The monoisotopic (exact) mass is 240 g/mol. The number of hydrogen-bond acceptors (Lipinski definition) is 3. The molecule has 0 atom stereocenters. The summed E-state index contributed by atoms with van der Waals surface area (Å²) in [5, 5.41) is 0. The van der Waals surface area contributed by atoms with Gasteiger partial charge >= 0.3 is 0 Å². The van der Waals surface area contributed by atoms with E-state index in [9.17, 15) is 0 Å². The Labute approximate surface area is 107 Å². The fourth-order valence-electron chi connectivity index (χ4n) is 2.67. The molecule has 0 spiro atoms. The van der Waals surface area contributed by atoms with Crippen molar-refractivity contribution in [3.63, 3.8) is 0 Å². The summed E-state index contributed by atoms with van der Waals surface area (Å²) in [6.07, 6.45) is 0.945. The molecule has 0 amide bonds. The fraction of sp³-hybridized carbons (Fsp3) is 0.200. The molecule has 0 saturated heterocycles. The minimum atomic E-state index is 0.828. The number of nitrogen functional groups attached to an aromatic ring is 1. The molecule has 1 aliphatic rings. The van der Waals surface area contributed by atoms with Crippen LogP contribution in [0.5, 0.6) is 0 Å². The summed E-state index contributed by atoms with van der Waals surface area (Å²) in [4.78, 5) is 4.99. The maximum Gasteiger partial charge on any atom is 0.0636 e. The molecule has 2 aromatic carbocycles. The lowest BCUT2D eigenvalue weighted by Gasteiger charge is -2.11. The smallest absolute Gasteiger partial charge is 0.0636 e. The summed E-state index contributed by atoms with van der Waals surface area (Å²) in [7, 11) is 1.63. The second-order valence-electron chi connectivity index (χ2n) is 4.66. The van der Waals surface area contributed by atoms with Crippen LogP contribution in [0.4, 0.5) is 11.4 Å². The van der Waals surface area contributed by atoms with E-state index in [4.69, 9.17) is 10.6 Å². The van der Waals surface area contributed by atoms with Gasteiger partial charge in [-0.1, -0.05) is 12.1 Å². The lowest BCUT2D eigenvalue weighted by atomic mass is 10.0. The Balaban J connectivity index is 2.13. The van der Waals surface area contributed by atoms with Gasteiger partial charge in [-0.05, 0) is 59.4 Å². The molecule has 0 fully saturated rings. The van der Waals surface area contributed by atoms with Crippen molar-refractivity contribution < 1.29 is 4.84 Å². The summed E-state index contributed by atoms with van der Waals surface area (Å²) in [6, 6.07) is 10.3. The van der Waals surface area contributed by atoms with E-state index >= 15 is 0 Å². The highest BCUT2D eigenvalue weighted by Crippen LogP contribution is 2.40. The molecule has 0 aliphatic heterocycles. The molecule has 0 heterocycles. The molecule has 0 aromatic heterocycles. The number of rotatable bonds is 2. The van der Waals surface area contributed by atoms with Crippen LogP contribution in [-0.4, -0.2) is 7.11 Å². The maximum atomic E-state index is 5.85. The maximum absolute atomic E-state index is 5.85. The number of nitrogens with two attached hydrogens (primary N) is 1. The van der Waals surface area contributed by atoms with Crippen molar-refractivity contribution in [1.29, 1.82) is 0 Å². The lowest BCUT2D eigenvalue weighted by molar-refractivity contribution is 0.270. The first kappa shape index (κ1) is 11.1. The lowest BCUT2D eigenvalue weighted by Crippen LogP contribution is -2.00. The summed E-state index contributed by atoms with van der Waals surface area (Å²) >= 11 is 0. The summed E-state index contributed by atoms with van der Waals surface area (Å²) in [5.74, 6) is 0. The van der Waals surface area contributed by atoms with Gasteiger partial charge in [0.15, 0.2) is 0 Å². The van der Waals surface area contributed by atoms with Crippen LogP contribution in [-0.2, 0) is 11.3 Å². The second kappa shape index (κ2) is 4.03. The molecular weight excluding hydrogens is 224 g/mol. The number of benzene rings is 2. The van der Waals surface area contributed by atoms with Crippen molar-refractivity contribution >= 4 is 11.4 Å². The molecule has 2 aromatic rings. The molecule has 3 rings (SSSR count). The number of hydrogen-bond donors (Lipinski definition) is 2. The van der Waals surface area contributed by atoms with Crippen LogP contribution in [0, 0.1) is 6.92 Å². The largest absolute Gasteiger partial charge is 0.399 e. The minimum Gasteiger partial charge on any atom is -0.399 e. The first-order valence-electron chi connectivity index (χ1n) is 6.01. The van der Waals surface area contributed by atoms with Crippen LogP contribution < -0.4 is 11.2 Å². The molecule has 0 saturated carbocycles. The highest BCUT2D eigenvalue weighted by Gasteiger charge is 2.21. The number of fused-ring (bicyclic) bond motifs is 3. The van der Waals surface area contributed by atoms with E-state index in [0.717, 1.165) is 17.8 Å². The van der Waals surface area contributed by atoms with Crippen LogP contribution in [0.15, 0.2) is 30.3 Å². The van der Waals surface area contributed by atoms with E-state index in [-0.39, 0.29) is 0 Å². The SMILES string of the molecule is CONc1ccc2c(c1C)Cc1cc(N)ccc1-2. The highest BCUT2D eigenvalue weighted by molar-refractivity contribution is 5.81. The van der Waals surface area contributed by atoms with Gasteiger partial charge in [0.2, 0.25) is 0 Å². The van der Waals surface area contributed by atoms with Crippen LogP contribution >= 0.6 is 0 Å². The molecule has 92 valence electrons. The van der Waals surface area contributed by atoms with E-state index in [2.05, 4.69) is 36.7 Å². The van der Waals surface area contributed by atoms with Crippen molar-refractivity contribution in [1.82, 2.24) is 0 Å². The average Bonchev–Trinajstić information content (AvgIpc) is 2.71. The Bertz CT molecular complexity index is 620. The Hall–Kier alpha value is -2.00. The van der Waals surface area contributed by atoms with Gasteiger partial charge in [-0.3, -0.25) is 10.3 Å². The zero-order chi connectivity index (χ0) is 12.7. The second-order valence-corrected chi connectivity index (χ2v) is 4.66. The van der Waals surface area contributed by atoms with Crippen LogP contribution in [0.1, 0.15) is 16.7 Å². The quantitative estimate of drug-likeness (QED) is 0.534. The predicted molar refractivity (Wildman–Crippen MR) is 74.5 cm³/mol. The molecule has 18 heavy (non-hydrogen) atoms. The van der Waals surface area contributed by atoms with Gasteiger partial charge in [-0.15, -0.1) is 0 Å². The van der Waals surface area contributed by atoms with Crippen molar-refractivity contribution in [2.75, 3.05) is 18.3 Å². The highest BCUT2D eigenvalue weighted by atomic mass is 16.6. The van der Waals surface area contributed by atoms with E-state index < -0.39 is 0 Å². The van der Waals surface area contributed by atoms with Gasteiger partial charge in [-0.2, -0.15) is 0 Å². The van der Waals surface area contributed by atoms with Crippen LogP contribution in [0.3, 0.4) is 0 Å². The van der Waals surface area contributed by atoms with Gasteiger partial charge in [-0.25, -0.2) is 0 Å². The van der Waals surface area contributed by atoms with Gasteiger partial charge < -0.3 is 5.73 Å². The van der Waals surface area contributed by atoms with Gasteiger partial charge in [0, 0.05) is 5.69 Å². The van der Waals surface area contributed by atoms with E-state index in [1.54, 1.807) is 7.11 Å². The first-order valence-corrected chi connectivity index (χ1v) is 6.01. The van der Waals surface area contributed by atoms with E-state index in [0.29, 0.717) is 0 Å². The third-order valence-corrected chi connectivity index (χ3v) is 3.60. The van der Waals surface area contributed by atoms with Crippen molar-refractivity contribution in [3.8, 4) is 11.1 Å². The molecule has 3 heteroatoms. The normalized spacial score (nSPS) is 12.1. The van der Waals surface area contributed by atoms with Crippen molar-refractivity contribution in [2.45, 2.75) is 13.3 Å². The standard InChI is InChI=1S/C15H16N2O/c1-9-14-8-10-7-11(16)3-4-12(10)13(14)5-6-15(9)17-18-2/h3-7,17H,8,16H2,1-2H3. The molecule has 1 aliphatic carbocycles. The Kier molecular flexibility index (Phi) is 2.49. The molecule has 3 N–H and O–H groups in total. The zero-order valence-corrected chi connectivity index (χ0v) is 10.6. The zero-order valence-electron chi connectivity index (χ0n) is 10.6. The Morgan fingerprint density at radius 2 is 1.94 bits per heavy atom. The van der Waals surface area contributed by atoms with Crippen molar-refractivity contribution in [2.24, 2.45) is 0 Å². The molecule has 0 unspecified atom stereocenters. The van der Waals surface area contributed by atoms with Crippen LogP contribution in [0.25, 0.3) is 11.1 Å².